The van der Waals surface area contributed by atoms with Crippen molar-refractivity contribution in [3.8, 4) is 0 Å². The van der Waals surface area contributed by atoms with Gasteiger partial charge in [0.2, 0.25) is 0 Å². The fourth-order valence-electron chi connectivity index (χ4n) is 0.882. The zero-order valence-corrected chi connectivity index (χ0v) is 7.64. The third-order valence-corrected chi connectivity index (χ3v) is 1.78. The minimum atomic E-state index is -0.483. The van der Waals surface area contributed by atoms with Crippen LogP contribution in [0.15, 0.2) is 0 Å². The van der Waals surface area contributed by atoms with E-state index in [-0.39, 0.29) is 5.78 Å². The van der Waals surface area contributed by atoms with Crippen molar-refractivity contribution in [2.45, 2.75) is 13.8 Å². The van der Waals surface area contributed by atoms with Gasteiger partial charge in [-0.15, -0.1) is 0 Å². The second-order valence-electron chi connectivity index (χ2n) is 2.98. The van der Waals surface area contributed by atoms with Crippen LogP contribution in [0.4, 0.5) is 0 Å². The number of hydrogen-bond acceptors (Lipinski definition) is 3. The van der Waals surface area contributed by atoms with Gasteiger partial charge in [0.25, 0.3) is 0 Å². The molecule has 0 rings (SSSR count). The predicted molar refractivity (Wildman–Crippen MR) is 42.5 cm³/mol. The highest BCUT2D eigenvalue weighted by molar-refractivity contribution is 5.82. The second-order valence-corrected chi connectivity index (χ2v) is 2.98. The van der Waals surface area contributed by atoms with Gasteiger partial charge in [-0.1, -0.05) is 0 Å². The molecular formula is C8H16O3. The van der Waals surface area contributed by atoms with Crippen LogP contribution in [0.2, 0.25) is 0 Å². The Morgan fingerprint density at radius 2 is 1.64 bits per heavy atom. The predicted octanol–water partition coefficient (Wildman–Crippen LogP) is 0.875. The van der Waals surface area contributed by atoms with Gasteiger partial charge in [0, 0.05) is 14.2 Å². The molecule has 66 valence electrons. The number of ether oxygens (including phenoxy) is 2. The maximum absolute atomic E-state index is 11.1. The van der Waals surface area contributed by atoms with Crippen molar-refractivity contribution in [3.05, 3.63) is 0 Å². The van der Waals surface area contributed by atoms with E-state index < -0.39 is 5.41 Å². The van der Waals surface area contributed by atoms with Crippen LogP contribution in [0.25, 0.3) is 0 Å². The van der Waals surface area contributed by atoms with Gasteiger partial charge in [-0.2, -0.15) is 0 Å². The maximum Gasteiger partial charge on any atom is 0.140 e. The van der Waals surface area contributed by atoms with Crippen molar-refractivity contribution in [3.63, 3.8) is 0 Å². The number of carbonyl (C=O) groups is 1. The molecule has 0 saturated heterocycles. The van der Waals surface area contributed by atoms with Crippen LogP contribution < -0.4 is 0 Å². The monoisotopic (exact) mass is 160 g/mol. The van der Waals surface area contributed by atoms with E-state index in [9.17, 15) is 4.79 Å². The summed E-state index contributed by atoms with van der Waals surface area (Å²) in [4.78, 5) is 11.1. The van der Waals surface area contributed by atoms with Gasteiger partial charge >= 0.3 is 0 Å². The molecule has 0 aliphatic heterocycles. The number of methoxy groups -OCH3 is 2. The first-order chi connectivity index (χ1) is 5.06. The standard InChI is InChI=1S/C8H16O3/c1-7(9)8(2,5-10-3)6-11-4/h5-6H2,1-4H3. The summed E-state index contributed by atoms with van der Waals surface area (Å²) < 4.78 is 9.84. The number of carbonyl (C=O) groups excluding carboxylic acids is 1. The minimum absolute atomic E-state index is 0.0983. The van der Waals surface area contributed by atoms with Crippen LogP contribution in [-0.4, -0.2) is 33.2 Å². The lowest BCUT2D eigenvalue weighted by molar-refractivity contribution is -0.132. The second kappa shape index (κ2) is 4.46. The molecule has 0 fully saturated rings. The van der Waals surface area contributed by atoms with Crippen molar-refractivity contribution in [1.82, 2.24) is 0 Å². The van der Waals surface area contributed by atoms with Gasteiger partial charge in [-0.3, -0.25) is 4.79 Å². The average molecular weight is 160 g/mol. The molecule has 0 aliphatic carbocycles. The summed E-state index contributed by atoms with van der Waals surface area (Å²) in [5.74, 6) is 0.0983. The number of hydrogen-bond donors (Lipinski definition) is 0. The Labute approximate surface area is 67.7 Å². The van der Waals surface area contributed by atoms with Crippen LogP contribution in [0.1, 0.15) is 13.8 Å². The van der Waals surface area contributed by atoms with Crippen LogP contribution in [0.3, 0.4) is 0 Å². The highest BCUT2D eigenvalue weighted by Gasteiger charge is 2.29. The Morgan fingerprint density at radius 3 is 1.82 bits per heavy atom. The highest BCUT2D eigenvalue weighted by atomic mass is 16.5. The third kappa shape index (κ3) is 2.99. The molecule has 0 aliphatic rings. The van der Waals surface area contributed by atoms with Gasteiger partial charge in [0.15, 0.2) is 0 Å². The van der Waals surface area contributed by atoms with Crippen molar-refractivity contribution < 1.29 is 14.3 Å². The Hall–Kier alpha value is -0.410. The van der Waals surface area contributed by atoms with Gasteiger partial charge in [0.05, 0.1) is 18.6 Å². The van der Waals surface area contributed by atoms with Gasteiger partial charge in [0.1, 0.15) is 5.78 Å². The van der Waals surface area contributed by atoms with Crippen molar-refractivity contribution >= 4 is 5.78 Å². The molecule has 0 N–H and O–H groups in total. The summed E-state index contributed by atoms with van der Waals surface area (Å²) in [6.45, 7) is 4.22. The average Bonchev–Trinajstić information content (AvgIpc) is 1.88. The summed E-state index contributed by atoms with van der Waals surface area (Å²) in [6.07, 6.45) is 0. The highest BCUT2D eigenvalue weighted by Crippen LogP contribution is 2.17. The Balaban J connectivity index is 4.13. The van der Waals surface area contributed by atoms with E-state index >= 15 is 0 Å². The van der Waals surface area contributed by atoms with Crippen LogP contribution in [0, 0.1) is 5.41 Å². The summed E-state index contributed by atoms with van der Waals surface area (Å²) in [5.41, 5.74) is -0.483. The molecule has 0 amide bonds. The summed E-state index contributed by atoms with van der Waals surface area (Å²) in [7, 11) is 3.16. The molecular weight excluding hydrogens is 144 g/mol. The molecule has 0 atom stereocenters. The van der Waals surface area contributed by atoms with Crippen molar-refractivity contribution in [2.75, 3.05) is 27.4 Å². The molecule has 0 spiro atoms. The first-order valence-electron chi connectivity index (χ1n) is 3.56. The lowest BCUT2D eigenvalue weighted by atomic mass is 9.88. The van der Waals surface area contributed by atoms with Gasteiger partial charge < -0.3 is 9.47 Å². The zero-order valence-electron chi connectivity index (χ0n) is 7.64. The van der Waals surface area contributed by atoms with E-state index in [0.717, 1.165) is 0 Å². The lowest BCUT2D eigenvalue weighted by Crippen LogP contribution is -2.35. The van der Waals surface area contributed by atoms with E-state index in [2.05, 4.69) is 0 Å². The molecule has 3 nitrogen and oxygen atoms in total. The van der Waals surface area contributed by atoms with Crippen LogP contribution in [0.5, 0.6) is 0 Å². The summed E-state index contributed by atoms with van der Waals surface area (Å²) >= 11 is 0. The molecule has 0 radical (unpaired) electrons. The molecule has 0 aromatic rings. The van der Waals surface area contributed by atoms with E-state index in [0.29, 0.717) is 13.2 Å². The Morgan fingerprint density at radius 1 is 1.27 bits per heavy atom. The fraction of sp³-hybridized carbons (Fsp3) is 0.875. The number of ketones is 1. The number of Topliss-reactive ketones (excluding diaryl/α,β-unsaturated/α-hetero) is 1. The normalized spacial score (nSPS) is 11.6. The molecule has 0 heterocycles. The van der Waals surface area contributed by atoms with Crippen molar-refractivity contribution in [1.29, 1.82) is 0 Å². The molecule has 0 aromatic heterocycles. The summed E-state index contributed by atoms with van der Waals surface area (Å²) in [6, 6.07) is 0. The SMILES string of the molecule is COCC(C)(COC)C(C)=O. The van der Waals surface area contributed by atoms with Crippen LogP contribution in [-0.2, 0) is 14.3 Å². The molecule has 3 heteroatoms. The Kier molecular flexibility index (Phi) is 4.30. The first kappa shape index (κ1) is 10.6. The summed E-state index contributed by atoms with van der Waals surface area (Å²) in [5, 5.41) is 0. The minimum Gasteiger partial charge on any atom is -0.384 e. The van der Waals surface area contributed by atoms with Gasteiger partial charge in [-0.25, -0.2) is 0 Å². The first-order valence-corrected chi connectivity index (χ1v) is 3.56. The lowest BCUT2D eigenvalue weighted by Gasteiger charge is -2.24. The third-order valence-electron chi connectivity index (χ3n) is 1.78. The molecule has 0 bridgehead atoms. The molecule has 0 saturated carbocycles. The van der Waals surface area contributed by atoms with Crippen molar-refractivity contribution in [2.24, 2.45) is 5.41 Å². The zero-order chi connectivity index (χ0) is 8.91. The topological polar surface area (TPSA) is 35.5 Å². The molecule has 0 aromatic carbocycles. The largest absolute Gasteiger partial charge is 0.384 e. The Bertz CT molecular complexity index is 125. The molecule has 11 heavy (non-hydrogen) atoms. The van der Waals surface area contributed by atoms with E-state index in [1.165, 1.54) is 0 Å². The van der Waals surface area contributed by atoms with Crippen LogP contribution >= 0.6 is 0 Å². The van der Waals surface area contributed by atoms with E-state index in [1.54, 1.807) is 21.1 Å². The molecule has 0 unspecified atom stereocenters. The maximum atomic E-state index is 11.1. The van der Waals surface area contributed by atoms with E-state index in [1.807, 2.05) is 6.92 Å². The smallest absolute Gasteiger partial charge is 0.140 e. The quantitative estimate of drug-likeness (QED) is 0.598. The van der Waals surface area contributed by atoms with Gasteiger partial charge in [-0.05, 0) is 13.8 Å². The number of rotatable bonds is 5. The fourth-order valence-corrected chi connectivity index (χ4v) is 0.882. The van der Waals surface area contributed by atoms with E-state index in [4.69, 9.17) is 9.47 Å².